The van der Waals surface area contributed by atoms with E-state index in [0.717, 1.165) is 23.1 Å². The number of aromatic nitrogens is 2. The average molecular weight is 257 g/mol. The van der Waals surface area contributed by atoms with Gasteiger partial charge in [0.15, 0.2) is 0 Å². The standard InChI is InChI=1S/C12H14F3N3/c1-16-6-5-8-3-4-10-9(7-8)17-11(18(10)2)12(13,14)15/h3-4,7,16H,5-6H2,1-2H3. The molecule has 98 valence electrons. The predicted octanol–water partition coefficient (Wildman–Crippen LogP) is 2.35. The number of alkyl halides is 3. The Bertz CT molecular complexity index is 557. The van der Waals surface area contributed by atoms with Crippen LogP contribution in [-0.2, 0) is 19.6 Å². The van der Waals surface area contributed by atoms with Crippen molar-refractivity contribution in [1.82, 2.24) is 14.9 Å². The Labute approximate surface area is 103 Å². The Hall–Kier alpha value is -1.56. The third-order valence-corrected chi connectivity index (χ3v) is 2.86. The molecule has 0 radical (unpaired) electrons. The number of nitrogens with one attached hydrogen (secondary N) is 1. The molecule has 1 N–H and O–H groups in total. The molecule has 0 atom stereocenters. The van der Waals surface area contributed by atoms with E-state index in [-0.39, 0.29) is 0 Å². The van der Waals surface area contributed by atoms with E-state index in [9.17, 15) is 13.2 Å². The van der Waals surface area contributed by atoms with E-state index in [1.165, 1.54) is 7.05 Å². The van der Waals surface area contributed by atoms with Gasteiger partial charge < -0.3 is 9.88 Å². The van der Waals surface area contributed by atoms with Gasteiger partial charge in [-0.25, -0.2) is 4.98 Å². The van der Waals surface area contributed by atoms with E-state index in [0.29, 0.717) is 11.0 Å². The summed E-state index contributed by atoms with van der Waals surface area (Å²) in [7, 11) is 3.21. The van der Waals surface area contributed by atoms with Crippen LogP contribution in [0.3, 0.4) is 0 Å². The van der Waals surface area contributed by atoms with Gasteiger partial charge in [0.05, 0.1) is 11.0 Å². The summed E-state index contributed by atoms with van der Waals surface area (Å²) in [6.07, 6.45) is -3.65. The van der Waals surface area contributed by atoms with Crippen molar-refractivity contribution < 1.29 is 13.2 Å². The summed E-state index contributed by atoms with van der Waals surface area (Å²) in [5.74, 6) is -0.858. The van der Waals surface area contributed by atoms with Crippen LogP contribution in [0.15, 0.2) is 18.2 Å². The third-order valence-electron chi connectivity index (χ3n) is 2.86. The monoisotopic (exact) mass is 257 g/mol. The summed E-state index contributed by atoms with van der Waals surface area (Å²) in [5.41, 5.74) is 1.86. The van der Waals surface area contributed by atoms with Crippen LogP contribution in [0, 0.1) is 0 Å². The highest BCUT2D eigenvalue weighted by Gasteiger charge is 2.36. The summed E-state index contributed by atoms with van der Waals surface area (Å²) in [6, 6.07) is 5.23. The molecular weight excluding hydrogens is 243 g/mol. The van der Waals surface area contributed by atoms with Gasteiger partial charge in [-0.2, -0.15) is 13.2 Å². The molecule has 1 heterocycles. The maximum absolute atomic E-state index is 12.7. The molecule has 0 unspecified atom stereocenters. The SMILES string of the molecule is CNCCc1ccc2c(c1)nc(C(F)(F)F)n2C. The van der Waals surface area contributed by atoms with Gasteiger partial charge in [-0.1, -0.05) is 6.07 Å². The number of aryl methyl sites for hydroxylation is 1. The van der Waals surface area contributed by atoms with Crippen molar-refractivity contribution in [3.63, 3.8) is 0 Å². The molecule has 6 heteroatoms. The second-order valence-corrected chi connectivity index (χ2v) is 4.17. The van der Waals surface area contributed by atoms with Gasteiger partial charge in [-0.3, -0.25) is 0 Å². The average Bonchev–Trinajstić information content (AvgIpc) is 2.63. The summed E-state index contributed by atoms with van der Waals surface area (Å²) in [6.45, 7) is 0.782. The number of halogens is 3. The first kappa shape index (κ1) is 12.9. The molecule has 18 heavy (non-hydrogen) atoms. The van der Waals surface area contributed by atoms with Crippen LogP contribution in [0.1, 0.15) is 11.4 Å². The van der Waals surface area contributed by atoms with E-state index in [1.807, 2.05) is 13.1 Å². The fraction of sp³-hybridized carbons (Fsp3) is 0.417. The van der Waals surface area contributed by atoms with Gasteiger partial charge in [0.1, 0.15) is 0 Å². The number of likely N-dealkylation sites (N-methyl/N-ethyl adjacent to an activating group) is 1. The Morgan fingerprint density at radius 2 is 2.06 bits per heavy atom. The van der Waals surface area contributed by atoms with Gasteiger partial charge in [0.2, 0.25) is 5.82 Å². The lowest BCUT2D eigenvalue weighted by atomic mass is 10.1. The van der Waals surface area contributed by atoms with E-state index >= 15 is 0 Å². The molecule has 0 aliphatic rings. The molecule has 2 aromatic rings. The van der Waals surface area contributed by atoms with Crippen LogP contribution >= 0.6 is 0 Å². The van der Waals surface area contributed by atoms with E-state index < -0.39 is 12.0 Å². The maximum atomic E-state index is 12.7. The number of hydrogen-bond acceptors (Lipinski definition) is 2. The fourth-order valence-corrected chi connectivity index (χ4v) is 1.92. The molecule has 2 rings (SSSR count). The summed E-state index contributed by atoms with van der Waals surface area (Å²) < 4.78 is 39.2. The first-order chi connectivity index (χ1) is 8.43. The Balaban J connectivity index is 2.45. The van der Waals surface area contributed by atoms with Gasteiger partial charge in [-0.05, 0) is 37.7 Å². The number of imidazole rings is 1. The van der Waals surface area contributed by atoms with Crippen LogP contribution in [0.25, 0.3) is 11.0 Å². The first-order valence-corrected chi connectivity index (χ1v) is 5.60. The van der Waals surface area contributed by atoms with Crippen molar-refractivity contribution in [2.75, 3.05) is 13.6 Å². The van der Waals surface area contributed by atoms with Gasteiger partial charge in [0, 0.05) is 7.05 Å². The molecule has 0 spiro atoms. The molecule has 3 nitrogen and oxygen atoms in total. The molecule has 1 aromatic heterocycles. The highest BCUT2D eigenvalue weighted by Crippen LogP contribution is 2.30. The lowest BCUT2D eigenvalue weighted by Gasteiger charge is -2.05. The highest BCUT2D eigenvalue weighted by molar-refractivity contribution is 5.77. The minimum Gasteiger partial charge on any atom is -0.323 e. The quantitative estimate of drug-likeness (QED) is 0.914. The predicted molar refractivity (Wildman–Crippen MR) is 63.3 cm³/mol. The zero-order valence-corrected chi connectivity index (χ0v) is 10.2. The van der Waals surface area contributed by atoms with Crippen LogP contribution in [0.5, 0.6) is 0 Å². The lowest BCUT2D eigenvalue weighted by Crippen LogP contribution is -2.12. The zero-order valence-electron chi connectivity index (χ0n) is 10.2. The second kappa shape index (κ2) is 4.61. The normalized spacial score (nSPS) is 12.3. The number of hydrogen-bond donors (Lipinski definition) is 1. The molecule has 1 aromatic carbocycles. The molecular formula is C12H14F3N3. The molecule has 0 aliphatic heterocycles. The van der Waals surface area contributed by atoms with Crippen molar-refractivity contribution in [3.8, 4) is 0 Å². The second-order valence-electron chi connectivity index (χ2n) is 4.17. The zero-order chi connectivity index (χ0) is 13.3. The minimum atomic E-state index is -4.42. The Kier molecular flexibility index (Phi) is 3.30. The van der Waals surface area contributed by atoms with Crippen LogP contribution in [-0.4, -0.2) is 23.1 Å². The number of rotatable bonds is 3. The Morgan fingerprint density at radius 1 is 1.33 bits per heavy atom. The van der Waals surface area contributed by atoms with Gasteiger partial charge >= 0.3 is 6.18 Å². The van der Waals surface area contributed by atoms with Gasteiger partial charge in [0.25, 0.3) is 0 Å². The third kappa shape index (κ3) is 2.33. The maximum Gasteiger partial charge on any atom is 0.449 e. The number of fused-ring (bicyclic) bond motifs is 1. The van der Waals surface area contributed by atoms with Crippen molar-refractivity contribution in [2.45, 2.75) is 12.6 Å². The topological polar surface area (TPSA) is 29.9 Å². The number of benzene rings is 1. The van der Waals surface area contributed by atoms with Crippen LogP contribution < -0.4 is 5.32 Å². The first-order valence-electron chi connectivity index (χ1n) is 5.60. The van der Waals surface area contributed by atoms with Crippen molar-refractivity contribution in [3.05, 3.63) is 29.6 Å². The minimum absolute atomic E-state index is 0.387. The van der Waals surface area contributed by atoms with Crippen LogP contribution in [0.2, 0.25) is 0 Å². The smallest absolute Gasteiger partial charge is 0.323 e. The number of nitrogens with zero attached hydrogens (tertiary/aromatic N) is 2. The summed E-state index contributed by atoms with van der Waals surface area (Å²) in [5, 5.41) is 3.00. The molecule has 0 bridgehead atoms. The summed E-state index contributed by atoms with van der Waals surface area (Å²) >= 11 is 0. The fourth-order valence-electron chi connectivity index (χ4n) is 1.92. The van der Waals surface area contributed by atoms with Crippen molar-refractivity contribution >= 4 is 11.0 Å². The lowest BCUT2D eigenvalue weighted by molar-refractivity contribution is -0.146. The molecule has 0 saturated carbocycles. The summed E-state index contributed by atoms with van der Waals surface area (Å²) in [4.78, 5) is 3.67. The van der Waals surface area contributed by atoms with Gasteiger partial charge in [-0.15, -0.1) is 0 Å². The van der Waals surface area contributed by atoms with E-state index in [4.69, 9.17) is 0 Å². The van der Waals surface area contributed by atoms with E-state index in [2.05, 4.69) is 10.3 Å². The van der Waals surface area contributed by atoms with Crippen molar-refractivity contribution in [1.29, 1.82) is 0 Å². The van der Waals surface area contributed by atoms with E-state index in [1.54, 1.807) is 12.1 Å². The highest BCUT2D eigenvalue weighted by atomic mass is 19.4. The molecule has 0 fully saturated rings. The Morgan fingerprint density at radius 3 is 2.67 bits per heavy atom. The molecule has 0 saturated heterocycles. The van der Waals surface area contributed by atoms with Crippen LogP contribution in [0.4, 0.5) is 13.2 Å². The largest absolute Gasteiger partial charge is 0.449 e. The van der Waals surface area contributed by atoms with Crippen molar-refractivity contribution in [2.24, 2.45) is 7.05 Å². The molecule has 0 amide bonds. The molecule has 0 aliphatic carbocycles.